The van der Waals surface area contributed by atoms with Crippen molar-refractivity contribution in [3.63, 3.8) is 0 Å². The number of nitrogens with one attached hydrogen (secondary N) is 1. The molecule has 29 heavy (non-hydrogen) atoms. The zero-order chi connectivity index (χ0) is 21.5. The Balaban J connectivity index is 2.18. The fourth-order valence-corrected chi connectivity index (χ4v) is 3.15. The zero-order valence-electron chi connectivity index (χ0n) is 15.8. The van der Waals surface area contributed by atoms with Gasteiger partial charge in [-0.05, 0) is 24.1 Å². The Morgan fingerprint density at radius 3 is 2.62 bits per heavy atom. The van der Waals surface area contributed by atoms with Gasteiger partial charge >= 0.3 is 12.1 Å². The summed E-state index contributed by atoms with van der Waals surface area (Å²) in [5, 5.41) is 11.5. The summed E-state index contributed by atoms with van der Waals surface area (Å²) in [6, 6.07) is 8.01. The Morgan fingerprint density at radius 1 is 1.34 bits per heavy atom. The van der Waals surface area contributed by atoms with E-state index < -0.39 is 42.4 Å². The number of halogens is 3. The maximum Gasteiger partial charge on any atom is 0.389 e. The van der Waals surface area contributed by atoms with Gasteiger partial charge in [-0.1, -0.05) is 12.1 Å². The van der Waals surface area contributed by atoms with Gasteiger partial charge in [0.05, 0.1) is 33.0 Å². The molecular formula is C19H21F3N2O5. The highest BCUT2D eigenvalue weighted by Crippen LogP contribution is 2.37. The molecule has 10 heteroatoms. The minimum Gasteiger partial charge on any atom is -0.494 e. The molecule has 1 saturated heterocycles. The van der Waals surface area contributed by atoms with Gasteiger partial charge < -0.3 is 19.5 Å². The van der Waals surface area contributed by atoms with Crippen LogP contribution in [0.4, 0.5) is 13.2 Å². The van der Waals surface area contributed by atoms with Crippen LogP contribution in [0, 0.1) is 17.2 Å². The Bertz CT molecular complexity index is 761. The summed E-state index contributed by atoms with van der Waals surface area (Å²) in [5.41, 5.74) is -0.699. The number of nitrogens with zero attached hydrogens (tertiary/aromatic N) is 1. The second-order valence-corrected chi connectivity index (χ2v) is 6.54. The van der Waals surface area contributed by atoms with Gasteiger partial charge in [0.25, 0.3) is 0 Å². The van der Waals surface area contributed by atoms with E-state index in [0.29, 0.717) is 11.3 Å². The number of ether oxygens (including phenoxy) is 3. The molecule has 1 heterocycles. The predicted molar refractivity (Wildman–Crippen MR) is 93.6 cm³/mol. The molecule has 2 rings (SSSR count). The van der Waals surface area contributed by atoms with Gasteiger partial charge in [-0.15, -0.1) is 0 Å². The topological polar surface area (TPSA) is 97.6 Å². The molecule has 2 atom stereocenters. The van der Waals surface area contributed by atoms with E-state index in [1.807, 2.05) is 0 Å². The number of amides is 1. The summed E-state index contributed by atoms with van der Waals surface area (Å²) in [4.78, 5) is 24.3. The summed E-state index contributed by atoms with van der Waals surface area (Å²) in [7, 11) is 1.22. The summed E-state index contributed by atoms with van der Waals surface area (Å²) in [5.74, 6) is -1.62. The quantitative estimate of drug-likeness (QED) is 0.518. The average Bonchev–Trinajstić information content (AvgIpc) is 3.09. The van der Waals surface area contributed by atoms with Crippen molar-refractivity contribution >= 4 is 11.9 Å². The highest BCUT2D eigenvalue weighted by Gasteiger charge is 2.51. The number of hydrogen-bond acceptors (Lipinski definition) is 6. The number of carbonyl (C=O) groups excluding carboxylic acids is 2. The Hall–Kier alpha value is -2.80. The molecular weight excluding hydrogens is 393 g/mol. The molecule has 0 spiro atoms. The zero-order valence-corrected chi connectivity index (χ0v) is 15.8. The fraction of sp³-hybridized carbons (Fsp3) is 0.526. The first-order valence-corrected chi connectivity index (χ1v) is 8.85. The molecule has 1 amide bonds. The summed E-state index contributed by atoms with van der Waals surface area (Å²) < 4.78 is 52.1. The number of hydrogen-bond donors (Lipinski definition) is 1. The maximum atomic E-state index is 12.2. The van der Waals surface area contributed by atoms with Crippen molar-refractivity contribution in [3.05, 3.63) is 29.8 Å². The molecule has 1 aromatic carbocycles. The Kier molecular flexibility index (Phi) is 7.45. The van der Waals surface area contributed by atoms with Crippen LogP contribution in [0.2, 0.25) is 0 Å². The SMILES string of the molecule is COC(=O)C1COC[C@@]1(NC(=O)CC#N)c1ccc(OCCCC(F)(F)F)cc1. The van der Waals surface area contributed by atoms with Crippen LogP contribution >= 0.6 is 0 Å². The lowest BCUT2D eigenvalue weighted by Crippen LogP contribution is -2.53. The third kappa shape index (κ3) is 5.84. The molecule has 158 valence electrons. The van der Waals surface area contributed by atoms with E-state index in [-0.39, 0.29) is 26.2 Å². The first kappa shape index (κ1) is 22.5. The molecule has 0 saturated carbocycles. The van der Waals surface area contributed by atoms with Crippen molar-refractivity contribution in [2.75, 3.05) is 26.9 Å². The molecule has 0 aliphatic carbocycles. The van der Waals surface area contributed by atoms with Crippen molar-refractivity contribution in [3.8, 4) is 11.8 Å². The lowest BCUT2D eigenvalue weighted by molar-refractivity contribution is -0.148. The second-order valence-electron chi connectivity index (χ2n) is 6.54. The van der Waals surface area contributed by atoms with Crippen LogP contribution < -0.4 is 10.1 Å². The van der Waals surface area contributed by atoms with Gasteiger partial charge in [-0.3, -0.25) is 9.59 Å². The Morgan fingerprint density at radius 2 is 2.03 bits per heavy atom. The van der Waals surface area contributed by atoms with Gasteiger partial charge in [0, 0.05) is 6.42 Å². The standard InChI is InChI=1S/C19H21F3N2O5/c1-27-17(26)15-11-28-12-18(15,24-16(25)7-9-23)13-3-5-14(6-4-13)29-10-2-8-19(20,21)22/h3-6,15H,2,7-8,10-12H2,1H3,(H,24,25)/t15?,18-/m1/s1. The number of methoxy groups -OCH3 is 1. The van der Waals surface area contributed by atoms with Gasteiger partial charge in [0.1, 0.15) is 23.6 Å². The third-order valence-corrected chi connectivity index (χ3v) is 4.54. The molecule has 0 aromatic heterocycles. The highest BCUT2D eigenvalue weighted by molar-refractivity contribution is 5.82. The monoisotopic (exact) mass is 414 g/mol. The van der Waals surface area contributed by atoms with E-state index in [1.54, 1.807) is 18.2 Å². The van der Waals surface area contributed by atoms with Crippen LogP contribution in [-0.4, -0.2) is 45.0 Å². The van der Waals surface area contributed by atoms with Crippen LogP contribution in [0.5, 0.6) is 5.75 Å². The molecule has 1 unspecified atom stereocenters. The first-order chi connectivity index (χ1) is 13.7. The largest absolute Gasteiger partial charge is 0.494 e. The number of alkyl halides is 3. The number of esters is 1. The number of nitriles is 1. The molecule has 1 fully saturated rings. The van der Waals surface area contributed by atoms with E-state index in [9.17, 15) is 22.8 Å². The average molecular weight is 414 g/mol. The van der Waals surface area contributed by atoms with Crippen LogP contribution in [0.1, 0.15) is 24.8 Å². The molecule has 1 N–H and O–H groups in total. The highest BCUT2D eigenvalue weighted by atomic mass is 19.4. The third-order valence-electron chi connectivity index (χ3n) is 4.54. The normalized spacial score (nSPS) is 21.3. The van der Waals surface area contributed by atoms with Crippen molar-refractivity contribution in [2.45, 2.75) is 31.0 Å². The summed E-state index contributed by atoms with van der Waals surface area (Å²) in [6.45, 7) is -0.0816. The van der Waals surface area contributed by atoms with Gasteiger partial charge in [0.15, 0.2) is 0 Å². The van der Waals surface area contributed by atoms with E-state index in [1.165, 1.54) is 19.2 Å². The van der Waals surface area contributed by atoms with E-state index in [0.717, 1.165) is 0 Å². The Labute approximate surface area is 165 Å². The summed E-state index contributed by atoms with van der Waals surface area (Å²) >= 11 is 0. The van der Waals surface area contributed by atoms with Gasteiger partial charge in [-0.25, -0.2) is 0 Å². The predicted octanol–water partition coefficient (Wildman–Crippen LogP) is 2.45. The van der Waals surface area contributed by atoms with E-state index >= 15 is 0 Å². The molecule has 1 aromatic rings. The molecule has 1 aliphatic rings. The first-order valence-electron chi connectivity index (χ1n) is 8.85. The van der Waals surface area contributed by atoms with Crippen molar-refractivity contribution in [1.29, 1.82) is 5.26 Å². The minimum absolute atomic E-state index is 0.00424. The second kappa shape index (κ2) is 9.60. The van der Waals surface area contributed by atoms with Crippen molar-refractivity contribution in [2.24, 2.45) is 5.92 Å². The molecule has 0 radical (unpaired) electrons. The number of benzene rings is 1. The van der Waals surface area contributed by atoms with Gasteiger partial charge in [0.2, 0.25) is 5.91 Å². The smallest absolute Gasteiger partial charge is 0.389 e. The van der Waals surface area contributed by atoms with Crippen LogP contribution in [0.25, 0.3) is 0 Å². The lowest BCUT2D eigenvalue weighted by atomic mass is 9.80. The van der Waals surface area contributed by atoms with E-state index in [4.69, 9.17) is 19.5 Å². The van der Waals surface area contributed by atoms with E-state index in [2.05, 4.69) is 5.32 Å². The van der Waals surface area contributed by atoms with Crippen LogP contribution in [0.3, 0.4) is 0 Å². The lowest BCUT2D eigenvalue weighted by Gasteiger charge is -2.33. The van der Waals surface area contributed by atoms with Crippen LogP contribution in [-0.2, 0) is 24.6 Å². The van der Waals surface area contributed by atoms with Crippen LogP contribution in [0.15, 0.2) is 24.3 Å². The molecule has 0 bridgehead atoms. The number of carbonyl (C=O) groups is 2. The van der Waals surface area contributed by atoms with Gasteiger partial charge in [-0.2, -0.15) is 18.4 Å². The minimum atomic E-state index is -4.23. The van der Waals surface area contributed by atoms with Crippen molar-refractivity contribution < 1.29 is 37.0 Å². The fourth-order valence-electron chi connectivity index (χ4n) is 3.15. The number of rotatable bonds is 8. The van der Waals surface area contributed by atoms with Crippen molar-refractivity contribution in [1.82, 2.24) is 5.32 Å². The molecule has 1 aliphatic heterocycles. The maximum absolute atomic E-state index is 12.2. The summed E-state index contributed by atoms with van der Waals surface area (Å²) in [6.07, 6.45) is -5.72. The molecule has 7 nitrogen and oxygen atoms in total.